The monoisotopic (exact) mass is 387 g/mol. The maximum absolute atomic E-state index is 6.95. The Morgan fingerprint density at radius 3 is 2.54 bits per heavy atom. The summed E-state index contributed by atoms with van der Waals surface area (Å²) in [6, 6.07) is 0.275. The van der Waals surface area contributed by atoms with E-state index in [1.807, 2.05) is 0 Å². The van der Waals surface area contributed by atoms with E-state index in [4.69, 9.17) is 5.73 Å². The molecule has 0 amide bonds. The van der Waals surface area contributed by atoms with Gasteiger partial charge in [0.15, 0.2) is 0 Å². The molecule has 0 aromatic rings. The summed E-state index contributed by atoms with van der Waals surface area (Å²) in [5.74, 6) is 4.07. The molecular weight excluding hydrogens is 338 g/mol. The zero-order valence-electron chi connectivity index (χ0n) is 19.9. The third-order valence-electron chi connectivity index (χ3n) is 9.87. The molecule has 8 unspecified atom stereocenters. The summed E-state index contributed by atoms with van der Waals surface area (Å²) in [7, 11) is 0. The van der Waals surface area contributed by atoms with Crippen LogP contribution in [0.2, 0.25) is 0 Å². The van der Waals surface area contributed by atoms with Gasteiger partial charge in [0.25, 0.3) is 0 Å². The van der Waals surface area contributed by atoms with Crippen LogP contribution in [0.5, 0.6) is 0 Å². The number of rotatable bonds is 7. The van der Waals surface area contributed by atoms with E-state index in [2.05, 4.69) is 47.6 Å². The zero-order chi connectivity index (χ0) is 20.5. The Kier molecular flexibility index (Phi) is 7.06. The average Bonchev–Trinajstić information content (AvgIpc) is 2.66. The molecule has 2 N–H and O–H groups in total. The molecule has 2 saturated carbocycles. The molecule has 1 heteroatoms. The molecule has 0 spiro atoms. The molecule has 0 aromatic carbocycles. The molecule has 162 valence electrons. The van der Waals surface area contributed by atoms with Crippen LogP contribution in [0.1, 0.15) is 112 Å². The smallest absolute Gasteiger partial charge is 0.0282 e. The maximum Gasteiger partial charge on any atom is 0.0282 e. The second kappa shape index (κ2) is 8.83. The van der Waals surface area contributed by atoms with Gasteiger partial charge in [0.1, 0.15) is 0 Å². The Hall–Kier alpha value is -0.300. The predicted octanol–water partition coefficient (Wildman–Crippen LogP) is 7.75. The predicted molar refractivity (Wildman–Crippen MR) is 123 cm³/mol. The minimum Gasteiger partial charge on any atom is -0.324 e. The van der Waals surface area contributed by atoms with Crippen LogP contribution in [0.15, 0.2) is 11.6 Å². The minimum absolute atomic E-state index is 0.275. The third-order valence-corrected chi connectivity index (χ3v) is 9.87. The highest BCUT2D eigenvalue weighted by Crippen LogP contribution is 2.66. The van der Waals surface area contributed by atoms with E-state index in [-0.39, 0.29) is 6.04 Å². The first-order valence-corrected chi connectivity index (χ1v) is 12.7. The Bertz CT molecular complexity index is 550. The number of fused-ring (bicyclic) bond motifs is 3. The third kappa shape index (κ3) is 3.75. The Morgan fingerprint density at radius 2 is 1.86 bits per heavy atom. The molecule has 0 heterocycles. The van der Waals surface area contributed by atoms with Crippen LogP contribution in [0.4, 0.5) is 0 Å². The van der Waals surface area contributed by atoms with E-state index in [0.29, 0.717) is 22.7 Å². The summed E-state index contributed by atoms with van der Waals surface area (Å²) in [5.41, 5.74) is 9.62. The van der Waals surface area contributed by atoms with Crippen molar-refractivity contribution in [3.05, 3.63) is 11.6 Å². The normalized spacial score (nSPS) is 42.9. The SMILES string of the molecule is CCCCC(C)C(N)C1=CCC2C(C)(CCC3C(C)CCCC32C)C1CCC. The fourth-order valence-corrected chi connectivity index (χ4v) is 8.20. The molecule has 2 fully saturated rings. The zero-order valence-corrected chi connectivity index (χ0v) is 19.9. The molecule has 3 aliphatic rings. The molecule has 0 aliphatic heterocycles. The van der Waals surface area contributed by atoms with Crippen LogP contribution in [-0.2, 0) is 0 Å². The van der Waals surface area contributed by atoms with Crippen molar-refractivity contribution in [3.63, 3.8) is 0 Å². The summed E-state index contributed by atoms with van der Waals surface area (Å²) in [4.78, 5) is 0. The second-order valence-electron chi connectivity index (χ2n) is 11.5. The highest BCUT2D eigenvalue weighted by Gasteiger charge is 2.58. The topological polar surface area (TPSA) is 26.0 Å². The molecule has 1 nitrogen and oxygen atoms in total. The lowest BCUT2D eigenvalue weighted by atomic mass is 9.41. The van der Waals surface area contributed by atoms with Crippen LogP contribution in [0.3, 0.4) is 0 Å². The molecule has 3 aliphatic carbocycles. The number of hydrogen-bond acceptors (Lipinski definition) is 1. The highest BCUT2D eigenvalue weighted by atomic mass is 14.7. The fourth-order valence-electron chi connectivity index (χ4n) is 8.20. The maximum atomic E-state index is 6.95. The van der Waals surface area contributed by atoms with Gasteiger partial charge in [-0.25, -0.2) is 0 Å². The molecule has 28 heavy (non-hydrogen) atoms. The summed E-state index contributed by atoms with van der Waals surface area (Å²) in [6.07, 6.45) is 17.7. The number of unbranched alkanes of at least 4 members (excludes halogenated alkanes) is 1. The van der Waals surface area contributed by atoms with Gasteiger partial charge in [0.05, 0.1) is 0 Å². The molecule has 0 bridgehead atoms. The fraction of sp³-hybridized carbons (Fsp3) is 0.926. The Labute approximate surface area is 176 Å². The van der Waals surface area contributed by atoms with E-state index < -0.39 is 0 Å². The van der Waals surface area contributed by atoms with Crippen molar-refractivity contribution < 1.29 is 0 Å². The van der Waals surface area contributed by atoms with Crippen LogP contribution in [0, 0.1) is 40.4 Å². The quantitative estimate of drug-likeness (QED) is 0.444. The standard InChI is InChI=1S/C27H49N/c1-7-9-12-20(4)25(28)21-14-15-24-26(5)17-10-13-19(3)22(26)16-18-27(24,6)23(21)11-8-2/h14,19-20,22-25H,7-13,15-18,28H2,1-6H3. The number of hydrogen-bond donors (Lipinski definition) is 1. The first-order valence-electron chi connectivity index (χ1n) is 12.7. The van der Waals surface area contributed by atoms with Gasteiger partial charge >= 0.3 is 0 Å². The van der Waals surface area contributed by atoms with E-state index in [0.717, 1.165) is 17.8 Å². The first kappa shape index (κ1) is 22.4. The summed E-state index contributed by atoms with van der Waals surface area (Å²) < 4.78 is 0. The van der Waals surface area contributed by atoms with Gasteiger partial charge in [-0.2, -0.15) is 0 Å². The van der Waals surface area contributed by atoms with Crippen LogP contribution in [0.25, 0.3) is 0 Å². The van der Waals surface area contributed by atoms with Gasteiger partial charge in [-0.05, 0) is 78.9 Å². The van der Waals surface area contributed by atoms with Gasteiger partial charge in [-0.15, -0.1) is 0 Å². The molecule has 3 rings (SSSR count). The van der Waals surface area contributed by atoms with Gasteiger partial charge in [0.2, 0.25) is 0 Å². The number of nitrogens with two attached hydrogens (primary N) is 1. The van der Waals surface area contributed by atoms with E-state index in [9.17, 15) is 0 Å². The Balaban J connectivity index is 1.91. The van der Waals surface area contributed by atoms with Crippen molar-refractivity contribution in [3.8, 4) is 0 Å². The largest absolute Gasteiger partial charge is 0.324 e. The van der Waals surface area contributed by atoms with E-state index >= 15 is 0 Å². The minimum atomic E-state index is 0.275. The first-order chi connectivity index (χ1) is 13.3. The van der Waals surface area contributed by atoms with Crippen molar-refractivity contribution in [2.24, 2.45) is 46.2 Å². The molecule has 8 atom stereocenters. The van der Waals surface area contributed by atoms with Crippen LogP contribution < -0.4 is 5.73 Å². The van der Waals surface area contributed by atoms with E-state index in [1.54, 1.807) is 5.57 Å². The number of allylic oxidation sites excluding steroid dienone is 1. The van der Waals surface area contributed by atoms with Crippen molar-refractivity contribution in [1.29, 1.82) is 0 Å². The van der Waals surface area contributed by atoms with Crippen LogP contribution >= 0.6 is 0 Å². The van der Waals surface area contributed by atoms with Crippen molar-refractivity contribution in [2.75, 3.05) is 0 Å². The molecule has 0 aromatic heterocycles. The summed E-state index contributed by atoms with van der Waals surface area (Å²) in [5, 5.41) is 0. The van der Waals surface area contributed by atoms with Gasteiger partial charge in [-0.3, -0.25) is 0 Å². The van der Waals surface area contributed by atoms with Gasteiger partial charge in [0, 0.05) is 6.04 Å². The second-order valence-corrected chi connectivity index (χ2v) is 11.5. The Morgan fingerprint density at radius 1 is 1.11 bits per heavy atom. The van der Waals surface area contributed by atoms with Crippen molar-refractivity contribution >= 4 is 0 Å². The summed E-state index contributed by atoms with van der Waals surface area (Å²) >= 11 is 0. The molecule has 0 saturated heterocycles. The van der Waals surface area contributed by atoms with Gasteiger partial charge < -0.3 is 5.73 Å². The molecular formula is C27H49N. The lowest BCUT2D eigenvalue weighted by Crippen LogP contribution is -2.57. The van der Waals surface area contributed by atoms with Crippen molar-refractivity contribution in [1.82, 2.24) is 0 Å². The summed E-state index contributed by atoms with van der Waals surface area (Å²) in [6.45, 7) is 15.0. The average molecular weight is 388 g/mol. The lowest BCUT2D eigenvalue weighted by molar-refractivity contribution is -0.123. The lowest BCUT2D eigenvalue weighted by Gasteiger charge is -2.64. The highest BCUT2D eigenvalue weighted by molar-refractivity contribution is 5.25. The van der Waals surface area contributed by atoms with Gasteiger partial charge in [-0.1, -0.05) is 85.3 Å². The van der Waals surface area contributed by atoms with Crippen LogP contribution in [-0.4, -0.2) is 6.04 Å². The van der Waals surface area contributed by atoms with E-state index in [1.165, 1.54) is 70.6 Å². The molecule has 0 radical (unpaired) electrons. The van der Waals surface area contributed by atoms with Crippen molar-refractivity contribution in [2.45, 2.75) is 118 Å².